The van der Waals surface area contributed by atoms with Crippen molar-refractivity contribution in [2.75, 3.05) is 20.2 Å². The van der Waals surface area contributed by atoms with Crippen molar-refractivity contribution in [3.8, 4) is 0 Å². The second kappa shape index (κ2) is 6.71. The van der Waals surface area contributed by atoms with E-state index in [9.17, 15) is 4.79 Å². The molecule has 0 aliphatic carbocycles. The highest BCUT2D eigenvalue weighted by Gasteiger charge is 2.22. The zero-order valence-electron chi connectivity index (χ0n) is 11.9. The molecule has 3 heteroatoms. The van der Waals surface area contributed by atoms with Crippen molar-refractivity contribution in [2.45, 2.75) is 32.7 Å². The highest BCUT2D eigenvalue weighted by Crippen LogP contribution is 2.23. The number of rotatable bonds is 5. The highest BCUT2D eigenvalue weighted by atomic mass is 16.5. The number of hydrogen-bond donors (Lipinski definition) is 0. The Labute approximate surface area is 115 Å². The van der Waals surface area contributed by atoms with Crippen LogP contribution in [0.1, 0.15) is 30.4 Å². The minimum absolute atomic E-state index is 0.0860. The summed E-state index contributed by atoms with van der Waals surface area (Å²) in [7, 11) is 1.46. The number of nitrogens with zero attached hydrogens (tertiary/aromatic N) is 1. The predicted octanol–water partition coefficient (Wildman–Crippen LogP) is 2.77. The molecule has 0 spiro atoms. The zero-order valence-corrected chi connectivity index (χ0v) is 11.9. The lowest BCUT2D eigenvalue weighted by Gasteiger charge is -2.16. The third kappa shape index (κ3) is 4.35. The van der Waals surface area contributed by atoms with Crippen molar-refractivity contribution in [1.82, 2.24) is 4.90 Å². The van der Waals surface area contributed by atoms with Gasteiger partial charge in [0.25, 0.3) is 0 Å². The maximum atomic E-state index is 11.1. The summed E-state index contributed by atoms with van der Waals surface area (Å²) in [5, 5.41) is 0. The van der Waals surface area contributed by atoms with Crippen LogP contribution in [0.5, 0.6) is 0 Å². The number of benzene rings is 1. The van der Waals surface area contributed by atoms with Gasteiger partial charge >= 0.3 is 5.97 Å². The summed E-state index contributed by atoms with van der Waals surface area (Å²) < 4.78 is 4.69. The third-order valence-electron chi connectivity index (χ3n) is 3.84. The van der Waals surface area contributed by atoms with Crippen molar-refractivity contribution < 1.29 is 9.53 Å². The van der Waals surface area contributed by atoms with Crippen molar-refractivity contribution in [3.05, 3.63) is 35.4 Å². The molecule has 104 valence electrons. The van der Waals surface area contributed by atoms with Crippen LogP contribution in [0.3, 0.4) is 0 Å². The summed E-state index contributed by atoms with van der Waals surface area (Å²) in [4.78, 5) is 13.6. The first-order valence-corrected chi connectivity index (χ1v) is 7.02. The number of esters is 1. The Morgan fingerprint density at radius 1 is 1.47 bits per heavy atom. The molecule has 1 fully saturated rings. The molecule has 1 saturated heterocycles. The Morgan fingerprint density at radius 2 is 2.32 bits per heavy atom. The molecule has 0 aromatic heterocycles. The quantitative estimate of drug-likeness (QED) is 0.763. The molecule has 1 aromatic rings. The van der Waals surface area contributed by atoms with Crippen LogP contribution in [-0.4, -0.2) is 31.1 Å². The average Bonchev–Trinajstić information content (AvgIpc) is 2.83. The van der Waals surface area contributed by atoms with Gasteiger partial charge in [0.1, 0.15) is 0 Å². The molecular weight excluding hydrogens is 238 g/mol. The molecule has 1 aromatic carbocycles. The SMILES string of the molecule is COC(=O)CCC1CCN(Cc2cccc(C)c2)C1. The number of methoxy groups -OCH3 is 1. The molecule has 0 radical (unpaired) electrons. The minimum atomic E-state index is -0.0860. The zero-order chi connectivity index (χ0) is 13.7. The summed E-state index contributed by atoms with van der Waals surface area (Å²) in [6.07, 6.45) is 2.71. The molecule has 1 atom stereocenters. The summed E-state index contributed by atoms with van der Waals surface area (Å²) in [5.74, 6) is 0.557. The van der Waals surface area contributed by atoms with Crippen LogP contribution in [0, 0.1) is 12.8 Å². The van der Waals surface area contributed by atoms with Gasteiger partial charge in [-0.2, -0.15) is 0 Å². The minimum Gasteiger partial charge on any atom is -0.469 e. The van der Waals surface area contributed by atoms with E-state index in [1.54, 1.807) is 0 Å². The van der Waals surface area contributed by atoms with Gasteiger partial charge < -0.3 is 4.74 Å². The van der Waals surface area contributed by atoms with Gasteiger partial charge in [-0.15, -0.1) is 0 Å². The van der Waals surface area contributed by atoms with Crippen LogP contribution in [0.15, 0.2) is 24.3 Å². The molecule has 1 unspecified atom stereocenters. The van der Waals surface area contributed by atoms with Gasteiger partial charge in [-0.3, -0.25) is 9.69 Å². The molecule has 0 N–H and O–H groups in total. The Kier molecular flexibility index (Phi) is 4.97. The lowest BCUT2D eigenvalue weighted by molar-refractivity contribution is -0.140. The first-order valence-electron chi connectivity index (χ1n) is 7.02. The van der Waals surface area contributed by atoms with Crippen LogP contribution in [0.2, 0.25) is 0 Å². The number of hydrogen-bond acceptors (Lipinski definition) is 3. The normalized spacial score (nSPS) is 19.6. The van der Waals surface area contributed by atoms with E-state index in [0.29, 0.717) is 12.3 Å². The number of carbonyl (C=O) groups is 1. The Morgan fingerprint density at radius 3 is 3.05 bits per heavy atom. The molecule has 0 amide bonds. The van der Waals surface area contributed by atoms with Crippen molar-refractivity contribution >= 4 is 5.97 Å². The van der Waals surface area contributed by atoms with E-state index in [1.807, 2.05) is 0 Å². The number of likely N-dealkylation sites (tertiary alicyclic amines) is 1. The Balaban J connectivity index is 1.77. The first-order chi connectivity index (χ1) is 9.17. The maximum Gasteiger partial charge on any atom is 0.305 e. The fourth-order valence-corrected chi connectivity index (χ4v) is 2.78. The van der Waals surface area contributed by atoms with Crippen LogP contribution in [-0.2, 0) is 16.1 Å². The van der Waals surface area contributed by atoms with Gasteiger partial charge in [0.15, 0.2) is 0 Å². The maximum absolute atomic E-state index is 11.1. The van der Waals surface area contributed by atoms with Gasteiger partial charge in [0.2, 0.25) is 0 Å². The predicted molar refractivity (Wildman–Crippen MR) is 75.8 cm³/mol. The van der Waals surface area contributed by atoms with E-state index < -0.39 is 0 Å². The van der Waals surface area contributed by atoms with E-state index in [-0.39, 0.29) is 5.97 Å². The number of carbonyl (C=O) groups excluding carboxylic acids is 1. The fraction of sp³-hybridized carbons (Fsp3) is 0.562. The van der Waals surface area contributed by atoms with Crippen molar-refractivity contribution in [2.24, 2.45) is 5.92 Å². The van der Waals surface area contributed by atoms with Crippen LogP contribution >= 0.6 is 0 Å². The van der Waals surface area contributed by atoms with Crippen molar-refractivity contribution in [1.29, 1.82) is 0 Å². The lowest BCUT2D eigenvalue weighted by atomic mass is 10.0. The molecule has 1 heterocycles. The van der Waals surface area contributed by atoms with Gasteiger partial charge in [-0.05, 0) is 37.8 Å². The second-order valence-electron chi connectivity index (χ2n) is 5.49. The number of ether oxygens (including phenoxy) is 1. The van der Waals surface area contributed by atoms with Gasteiger partial charge in [0.05, 0.1) is 7.11 Å². The van der Waals surface area contributed by atoms with Crippen LogP contribution in [0.25, 0.3) is 0 Å². The second-order valence-corrected chi connectivity index (χ2v) is 5.49. The van der Waals surface area contributed by atoms with E-state index >= 15 is 0 Å². The summed E-state index contributed by atoms with van der Waals surface area (Å²) >= 11 is 0. The molecule has 2 rings (SSSR count). The highest BCUT2D eigenvalue weighted by molar-refractivity contribution is 5.69. The third-order valence-corrected chi connectivity index (χ3v) is 3.84. The Bertz CT molecular complexity index is 431. The van der Waals surface area contributed by atoms with Gasteiger partial charge in [-0.1, -0.05) is 29.8 Å². The van der Waals surface area contributed by atoms with E-state index in [4.69, 9.17) is 4.74 Å². The largest absolute Gasteiger partial charge is 0.469 e. The standard InChI is InChI=1S/C16H23NO2/c1-13-4-3-5-15(10-13)12-17-9-8-14(11-17)6-7-16(18)19-2/h3-5,10,14H,6-9,11-12H2,1-2H3. The molecule has 19 heavy (non-hydrogen) atoms. The molecule has 1 aliphatic rings. The van der Waals surface area contributed by atoms with Gasteiger partial charge in [-0.25, -0.2) is 0 Å². The number of aryl methyl sites for hydroxylation is 1. The molecular formula is C16H23NO2. The fourth-order valence-electron chi connectivity index (χ4n) is 2.78. The summed E-state index contributed by atoms with van der Waals surface area (Å²) in [6.45, 7) is 5.40. The smallest absolute Gasteiger partial charge is 0.305 e. The average molecular weight is 261 g/mol. The van der Waals surface area contributed by atoms with Crippen LogP contribution in [0.4, 0.5) is 0 Å². The lowest BCUT2D eigenvalue weighted by Crippen LogP contribution is -2.20. The topological polar surface area (TPSA) is 29.5 Å². The monoisotopic (exact) mass is 261 g/mol. The first kappa shape index (κ1) is 14.1. The van der Waals surface area contributed by atoms with E-state index in [1.165, 1.54) is 24.7 Å². The summed E-state index contributed by atoms with van der Waals surface area (Å²) in [5.41, 5.74) is 2.70. The van der Waals surface area contributed by atoms with E-state index in [2.05, 4.69) is 36.1 Å². The summed E-state index contributed by atoms with van der Waals surface area (Å²) in [6, 6.07) is 8.69. The van der Waals surface area contributed by atoms with E-state index in [0.717, 1.165) is 26.1 Å². The van der Waals surface area contributed by atoms with Crippen LogP contribution < -0.4 is 0 Å². The molecule has 0 saturated carbocycles. The molecule has 1 aliphatic heterocycles. The van der Waals surface area contributed by atoms with Gasteiger partial charge in [0, 0.05) is 19.5 Å². The van der Waals surface area contributed by atoms with Crippen molar-refractivity contribution in [3.63, 3.8) is 0 Å². The molecule has 3 nitrogen and oxygen atoms in total. The molecule has 0 bridgehead atoms. The Hall–Kier alpha value is -1.35.